The van der Waals surface area contributed by atoms with Gasteiger partial charge in [-0.1, -0.05) is 26.3 Å². The Hall–Kier alpha value is -2.99. The zero-order valence-corrected chi connectivity index (χ0v) is 29.1. The smallest absolute Gasteiger partial charge is 0.225 e. The van der Waals surface area contributed by atoms with E-state index in [0.717, 1.165) is 95.3 Å². The maximum absolute atomic E-state index is 13.6. The highest BCUT2D eigenvalue weighted by atomic mass is 16.5. The lowest BCUT2D eigenvalue weighted by atomic mass is 9.76. The Balaban J connectivity index is 0.965. The molecule has 0 radical (unpaired) electrons. The topological polar surface area (TPSA) is 132 Å². The van der Waals surface area contributed by atoms with Gasteiger partial charge in [-0.15, -0.1) is 0 Å². The average Bonchev–Trinajstić information content (AvgIpc) is 3.60. The molecular formula is C37H56N6O5. The fourth-order valence-electron chi connectivity index (χ4n) is 8.22. The van der Waals surface area contributed by atoms with Crippen molar-refractivity contribution in [2.75, 3.05) is 32.7 Å². The summed E-state index contributed by atoms with van der Waals surface area (Å²) in [5, 5.41) is 21.8. The number of carbonyl (C=O) groups is 2. The van der Waals surface area contributed by atoms with Crippen molar-refractivity contribution in [1.82, 2.24) is 30.7 Å². The first-order chi connectivity index (χ1) is 23.3. The van der Waals surface area contributed by atoms with Gasteiger partial charge < -0.3 is 24.5 Å². The molecule has 11 nitrogen and oxygen atoms in total. The van der Waals surface area contributed by atoms with E-state index in [4.69, 9.17) is 9.15 Å². The first kappa shape index (κ1) is 34.9. The Morgan fingerprint density at radius 2 is 1.94 bits per heavy atom. The molecule has 4 heterocycles. The maximum atomic E-state index is 13.6. The molecule has 3 aliphatic heterocycles. The van der Waals surface area contributed by atoms with E-state index in [1.54, 1.807) is 6.20 Å². The number of hydrogen-bond acceptors (Lipinski definition) is 9. The quantitative estimate of drug-likeness (QED) is 0.253. The Morgan fingerprint density at radius 3 is 2.62 bits per heavy atom. The number of amides is 2. The zero-order valence-electron chi connectivity index (χ0n) is 29.1. The third-order valence-electron chi connectivity index (χ3n) is 11.6. The minimum Gasteiger partial charge on any atom is -0.485 e. The summed E-state index contributed by atoms with van der Waals surface area (Å²) in [7, 11) is 0. The molecule has 264 valence electrons. The van der Waals surface area contributed by atoms with Crippen LogP contribution in [-0.4, -0.2) is 88.3 Å². The zero-order chi connectivity index (χ0) is 33.7. The number of nitrogens with one attached hydrogen (secondary N) is 3. The minimum atomic E-state index is -0.647. The number of likely N-dealkylation sites (tertiary alicyclic amines) is 1. The predicted octanol–water partition coefficient (Wildman–Crippen LogP) is 3.66. The molecule has 1 aliphatic carbocycles. The molecule has 1 aromatic carbocycles. The molecule has 2 saturated heterocycles. The number of piperidine rings is 2. The number of carbonyl (C=O) groups excluding carboxylic acids is 2. The van der Waals surface area contributed by atoms with Crippen molar-refractivity contribution in [1.29, 1.82) is 0 Å². The van der Waals surface area contributed by atoms with Crippen LogP contribution in [0, 0.1) is 18.8 Å². The molecular weight excluding hydrogens is 608 g/mol. The number of aliphatic hydroxyl groups is 1. The highest BCUT2D eigenvalue weighted by molar-refractivity contribution is 5.80. The van der Waals surface area contributed by atoms with Crippen molar-refractivity contribution in [2.45, 2.75) is 122 Å². The summed E-state index contributed by atoms with van der Waals surface area (Å²) in [6.07, 6.45) is 12.0. The fraction of sp³-hybridized carbons (Fsp3) is 0.703. The summed E-state index contributed by atoms with van der Waals surface area (Å²) >= 11 is 0. The van der Waals surface area contributed by atoms with Gasteiger partial charge in [0.2, 0.25) is 11.8 Å². The number of fused-ring (bicyclic) bond motifs is 1. The normalized spacial score (nSPS) is 24.0. The van der Waals surface area contributed by atoms with Gasteiger partial charge in [0.25, 0.3) is 0 Å². The third kappa shape index (κ3) is 8.23. The van der Waals surface area contributed by atoms with Crippen LogP contribution >= 0.6 is 0 Å². The van der Waals surface area contributed by atoms with E-state index in [0.29, 0.717) is 30.9 Å². The number of aliphatic hydroxyl groups excluding tert-OH is 1. The second kappa shape index (κ2) is 15.7. The Kier molecular flexibility index (Phi) is 11.4. The van der Waals surface area contributed by atoms with Gasteiger partial charge in [-0.25, -0.2) is 4.98 Å². The van der Waals surface area contributed by atoms with Crippen molar-refractivity contribution >= 4 is 11.8 Å². The number of aromatic nitrogens is 1. The van der Waals surface area contributed by atoms with Crippen molar-refractivity contribution in [2.24, 2.45) is 11.8 Å². The van der Waals surface area contributed by atoms with Gasteiger partial charge >= 0.3 is 0 Å². The molecule has 0 spiro atoms. The van der Waals surface area contributed by atoms with Gasteiger partial charge in [0.05, 0.1) is 18.5 Å². The molecule has 0 bridgehead atoms. The number of nitrogens with zero attached hydrogens (tertiary/aromatic N) is 3. The third-order valence-corrected chi connectivity index (χ3v) is 11.6. The van der Waals surface area contributed by atoms with Crippen molar-refractivity contribution in [3.8, 4) is 5.75 Å². The average molecular weight is 665 g/mol. The summed E-state index contributed by atoms with van der Waals surface area (Å²) in [6, 6.07) is 4.46. The van der Waals surface area contributed by atoms with Crippen molar-refractivity contribution in [3.05, 3.63) is 47.2 Å². The number of β-amino-alcohol motifs (C(OH)–C–C–N with tert-alkyl or cyclic N) is 1. The molecule has 1 saturated carbocycles. The summed E-state index contributed by atoms with van der Waals surface area (Å²) in [4.78, 5) is 34.6. The van der Waals surface area contributed by atoms with E-state index >= 15 is 0 Å². The maximum Gasteiger partial charge on any atom is 0.225 e. The van der Waals surface area contributed by atoms with Gasteiger partial charge in [0.1, 0.15) is 12.4 Å². The van der Waals surface area contributed by atoms with Crippen LogP contribution in [0.2, 0.25) is 0 Å². The Morgan fingerprint density at radius 1 is 1.15 bits per heavy atom. The van der Waals surface area contributed by atoms with E-state index in [1.807, 2.05) is 6.07 Å². The van der Waals surface area contributed by atoms with Crippen LogP contribution in [0.1, 0.15) is 94.1 Å². The van der Waals surface area contributed by atoms with Gasteiger partial charge in [-0.3, -0.25) is 25.1 Å². The Labute approximate surface area is 285 Å². The monoisotopic (exact) mass is 664 g/mol. The molecule has 4 aliphatic rings. The number of hydrogen-bond donors (Lipinski definition) is 4. The molecule has 2 amide bonds. The molecule has 3 atom stereocenters. The van der Waals surface area contributed by atoms with Crippen LogP contribution in [0.3, 0.4) is 0 Å². The number of oxazole rings is 1. The van der Waals surface area contributed by atoms with Gasteiger partial charge in [-0.05, 0) is 87.5 Å². The number of ether oxygens (including phenoxy) is 1. The molecule has 2 unspecified atom stereocenters. The molecule has 4 N–H and O–H groups in total. The van der Waals surface area contributed by atoms with E-state index in [9.17, 15) is 14.7 Å². The summed E-state index contributed by atoms with van der Waals surface area (Å²) in [5.41, 5.74) is 3.61. The Bertz CT molecular complexity index is 1370. The van der Waals surface area contributed by atoms with Gasteiger partial charge in [0, 0.05) is 62.7 Å². The number of rotatable bonds is 13. The standard InChI is InChI=1S/C37H56N6O5/c1-4-37(5-2)18-28(17-34(41-37)40-29-11-15-43(16-12-29)36(46)26-7-6-8-26)35(45)39-19-30(44)22-42-14-13-32-25(3)33(10-9-27(32)21-42)47-23-31-20-38-24-48-31/h9-10,20,24,26,28-30,34,40-41,44H,4-8,11-19,21-23H2,1-3H3,(H,39,45)/t28?,30-,34?/m0/s1. The highest BCUT2D eigenvalue weighted by Gasteiger charge is 2.41. The molecule has 48 heavy (non-hydrogen) atoms. The summed E-state index contributed by atoms with van der Waals surface area (Å²) in [6.45, 7) is 10.8. The largest absolute Gasteiger partial charge is 0.485 e. The summed E-state index contributed by atoms with van der Waals surface area (Å²) in [5.74, 6) is 2.07. The van der Waals surface area contributed by atoms with E-state index in [1.165, 1.54) is 23.9 Å². The van der Waals surface area contributed by atoms with Crippen molar-refractivity contribution < 1.29 is 23.8 Å². The lowest BCUT2D eigenvalue weighted by molar-refractivity contribution is -0.139. The predicted molar refractivity (Wildman–Crippen MR) is 183 cm³/mol. The van der Waals surface area contributed by atoms with Crippen LogP contribution in [-0.2, 0) is 29.2 Å². The molecule has 3 fully saturated rings. The van der Waals surface area contributed by atoms with Gasteiger partial charge in [0.15, 0.2) is 12.2 Å². The highest BCUT2D eigenvalue weighted by Crippen LogP contribution is 2.34. The molecule has 11 heteroatoms. The van der Waals surface area contributed by atoms with Crippen LogP contribution in [0.5, 0.6) is 5.75 Å². The van der Waals surface area contributed by atoms with Crippen molar-refractivity contribution in [3.63, 3.8) is 0 Å². The lowest BCUT2D eigenvalue weighted by Crippen LogP contribution is -2.64. The van der Waals surface area contributed by atoms with Crippen LogP contribution < -0.4 is 20.7 Å². The van der Waals surface area contributed by atoms with Crippen LogP contribution in [0.15, 0.2) is 29.1 Å². The molecule has 6 rings (SSSR count). The SMILES string of the molecule is CCC1(CC)CC(C(=O)NC[C@H](O)CN2CCc3c(ccc(OCc4cnco4)c3C)C2)CC(NC2CCN(C(=O)C3CCC3)CC2)N1. The van der Waals surface area contributed by atoms with E-state index in [2.05, 4.69) is 57.6 Å². The second-order valence-corrected chi connectivity index (χ2v) is 14.7. The first-order valence-corrected chi connectivity index (χ1v) is 18.4. The van der Waals surface area contributed by atoms with Gasteiger partial charge in [-0.2, -0.15) is 0 Å². The minimum absolute atomic E-state index is 0.0343. The second-order valence-electron chi connectivity index (χ2n) is 14.7. The summed E-state index contributed by atoms with van der Waals surface area (Å²) < 4.78 is 11.3. The lowest BCUT2D eigenvalue weighted by Gasteiger charge is -2.47. The van der Waals surface area contributed by atoms with Crippen LogP contribution in [0.25, 0.3) is 0 Å². The van der Waals surface area contributed by atoms with Crippen LogP contribution in [0.4, 0.5) is 0 Å². The number of benzene rings is 1. The van der Waals surface area contributed by atoms with E-state index < -0.39 is 6.10 Å². The molecule has 1 aromatic heterocycles. The molecule has 2 aromatic rings. The first-order valence-electron chi connectivity index (χ1n) is 18.4. The van der Waals surface area contributed by atoms with E-state index in [-0.39, 0.29) is 36.0 Å². The fourth-order valence-corrected chi connectivity index (χ4v) is 8.22.